The summed E-state index contributed by atoms with van der Waals surface area (Å²) in [6.45, 7) is 6.28. The molecule has 8 heteroatoms. The fourth-order valence-corrected chi connectivity index (χ4v) is 1.63. The number of nitrogens with zero attached hydrogens (tertiary/aromatic N) is 2. The molecule has 1 amide bonds. The fourth-order valence-electron chi connectivity index (χ4n) is 1.63. The van der Waals surface area contributed by atoms with Crippen molar-refractivity contribution in [3.8, 4) is 5.75 Å². The number of nitro groups is 1. The molecule has 0 bridgehead atoms. The number of ether oxygens (including phenoxy) is 2. The SMILES string of the molecule is CC(=O)COc1ccc([N+](=O)[O-])c(N(C)C(=O)OC(C)(C)C)c1. The summed E-state index contributed by atoms with van der Waals surface area (Å²) in [5.74, 6) is 0.0570. The number of rotatable bonds is 5. The van der Waals surface area contributed by atoms with E-state index in [9.17, 15) is 19.7 Å². The summed E-state index contributed by atoms with van der Waals surface area (Å²) in [5.41, 5.74) is -0.984. The third kappa shape index (κ3) is 5.57. The number of hydrogen-bond acceptors (Lipinski definition) is 6. The van der Waals surface area contributed by atoms with Crippen molar-refractivity contribution < 1.29 is 24.0 Å². The summed E-state index contributed by atoms with van der Waals surface area (Å²) < 4.78 is 10.4. The van der Waals surface area contributed by atoms with E-state index in [4.69, 9.17) is 9.47 Å². The second-order valence-corrected chi connectivity index (χ2v) is 5.94. The molecule has 0 spiro atoms. The summed E-state index contributed by atoms with van der Waals surface area (Å²) in [6, 6.07) is 3.91. The van der Waals surface area contributed by atoms with Crippen LogP contribution in [-0.2, 0) is 9.53 Å². The predicted octanol–water partition coefficient (Wildman–Crippen LogP) is 2.93. The molecule has 1 rings (SSSR count). The van der Waals surface area contributed by atoms with Crippen molar-refractivity contribution in [2.75, 3.05) is 18.6 Å². The minimum Gasteiger partial charge on any atom is -0.486 e. The highest BCUT2D eigenvalue weighted by Crippen LogP contribution is 2.32. The van der Waals surface area contributed by atoms with Crippen molar-refractivity contribution in [2.24, 2.45) is 0 Å². The number of carbonyl (C=O) groups excluding carboxylic acids is 2. The highest BCUT2D eigenvalue weighted by atomic mass is 16.6. The molecular formula is C15H20N2O6. The van der Waals surface area contributed by atoms with Crippen LogP contribution in [-0.4, -0.2) is 36.1 Å². The van der Waals surface area contributed by atoms with Gasteiger partial charge >= 0.3 is 6.09 Å². The second kappa shape index (κ2) is 7.08. The first-order valence-corrected chi connectivity index (χ1v) is 6.88. The van der Waals surface area contributed by atoms with E-state index < -0.39 is 16.6 Å². The third-order valence-electron chi connectivity index (χ3n) is 2.61. The maximum absolute atomic E-state index is 12.1. The van der Waals surface area contributed by atoms with Gasteiger partial charge in [-0.2, -0.15) is 0 Å². The molecule has 0 atom stereocenters. The number of amides is 1. The van der Waals surface area contributed by atoms with Crippen LogP contribution in [0.15, 0.2) is 18.2 Å². The van der Waals surface area contributed by atoms with Crippen LogP contribution in [0.3, 0.4) is 0 Å². The Kier molecular flexibility index (Phi) is 5.67. The number of benzene rings is 1. The van der Waals surface area contributed by atoms with E-state index in [-0.39, 0.29) is 29.5 Å². The molecular weight excluding hydrogens is 304 g/mol. The van der Waals surface area contributed by atoms with Crippen molar-refractivity contribution in [3.05, 3.63) is 28.3 Å². The molecule has 0 aliphatic carbocycles. The predicted molar refractivity (Wildman–Crippen MR) is 83.9 cm³/mol. The summed E-state index contributed by atoms with van der Waals surface area (Å²) in [7, 11) is 1.37. The van der Waals surface area contributed by atoms with Crippen LogP contribution in [0.4, 0.5) is 16.2 Å². The molecule has 0 fully saturated rings. The minimum absolute atomic E-state index is 0.0188. The van der Waals surface area contributed by atoms with Gasteiger partial charge in [-0.15, -0.1) is 0 Å². The zero-order valence-corrected chi connectivity index (χ0v) is 13.8. The Balaban J connectivity index is 3.13. The monoisotopic (exact) mass is 324 g/mol. The summed E-state index contributed by atoms with van der Waals surface area (Å²) in [6.07, 6.45) is -0.732. The first-order chi connectivity index (χ1) is 10.5. The van der Waals surface area contributed by atoms with Gasteiger partial charge in [-0.3, -0.25) is 19.8 Å². The van der Waals surface area contributed by atoms with Gasteiger partial charge in [0.25, 0.3) is 5.69 Å². The first-order valence-electron chi connectivity index (χ1n) is 6.88. The first kappa shape index (κ1) is 18.4. The van der Waals surface area contributed by atoms with Crippen molar-refractivity contribution in [1.82, 2.24) is 0 Å². The van der Waals surface area contributed by atoms with E-state index >= 15 is 0 Å². The Bertz CT molecular complexity index is 621. The van der Waals surface area contributed by atoms with E-state index in [1.807, 2.05) is 0 Å². The van der Waals surface area contributed by atoms with E-state index in [1.54, 1.807) is 20.8 Å². The van der Waals surface area contributed by atoms with Crippen LogP contribution in [0.5, 0.6) is 5.75 Å². The lowest BCUT2D eigenvalue weighted by atomic mass is 10.2. The maximum Gasteiger partial charge on any atom is 0.414 e. The quantitative estimate of drug-likeness (QED) is 0.610. The van der Waals surface area contributed by atoms with Gasteiger partial charge in [0.1, 0.15) is 23.6 Å². The van der Waals surface area contributed by atoms with Crippen molar-refractivity contribution in [1.29, 1.82) is 0 Å². The fraction of sp³-hybridized carbons (Fsp3) is 0.467. The molecule has 23 heavy (non-hydrogen) atoms. The smallest absolute Gasteiger partial charge is 0.414 e. The average molecular weight is 324 g/mol. The molecule has 0 heterocycles. The largest absolute Gasteiger partial charge is 0.486 e. The number of ketones is 1. The van der Waals surface area contributed by atoms with E-state index in [0.717, 1.165) is 4.90 Å². The van der Waals surface area contributed by atoms with Gasteiger partial charge in [-0.1, -0.05) is 0 Å². The molecule has 0 N–H and O–H groups in total. The van der Waals surface area contributed by atoms with Gasteiger partial charge in [-0.25, -0.2) is 4.79 Å². The number of carbonyl (C=O) groups is 2. The number of anilines is 1. The van der Waals surface area contributed by atoms with Crippen LogP contribution in [0, 0.1) is 10.1 Å². The molecule has 0 saturated heterocycles. The molecule has 0 aliphatic rings. The number of Topliss-reactive ketones (excluding diaryl/α,β-unsaturated/α-hetero) is 1. The third-order valence-corrected chi connectivity index (χ3v) is 2.61. The highest BCUT2D eigenvalue weighted by molar-refractivity contribution is 5.90. The molecule has 1 aromatic carbocycles. The molecule has 1 aromatic rings. The second-order valence-electron chi connectivity index (χ2n) is 5.94. The van der Waals surface area contributed by atoms with Crippen molar-refractivity contribution in [2.45, 2.75) is 33.3 Å². The Morgan fingerprint density at radius 2 is 1.91 bits per heavy atom. The Morgan fingerprint density at radius 1 is 1.30 bits per heavy atom. The molecule has 8 nitrogen and oxygen atoms in total. The number of hydrogen-bond donors (Lipinski definition) is 0. The molecule has 0 saturated carbocycles. The van der Waals surface area contributed by atoms with Crippen LogP contribution in [0.25, 0.3) is 0 Å². The minimum atomic E-state index is -0.733. The topological polar surface area (TPSA) is 99.0 Å². The van der Waals surface area contributed by atoms with Gasteiger partial charge in [0.05, 0.1) is 4.92 Å². The summed E-state index contributed by atoms with van der Waals surface area (Å²) >= 11 is 0. The van der Waals surface area contributed by atoms with Gasteiger partial charge in [0.15, 0.2) is 5.78 Å². The molecule has 0 aliphatic heterocycles. The van der Waals surface area contributed by atoms with Crippen LogP contribution < -0.4 is 9.64 Å². The molecule has 0 aromatic heterocycles. The van der Waals surface area contributed by atoms with Crippen LogP contribution in [0.1, 0.15) is 27.7 Å². The van der Waals surface area contributed by atoms with Crippen LogP contribution in [0.2, 0.25) is 0 Å². The van der Waals surface area contributed by atoms with E-state index in [2.05, 4.69) is 0 Å². The van der Waals surface area contributed by atoms with Crippen molar-refractivity contribution in [3.63, 3.8) is 0 Å². The van der Waals surface area contributed by atoms with Crippen LogP contribution >= 0.6 is 0 Å². The van der Waals surface area contributed by atoms with Crippen molar-refractivity contribution >= 4 is 23.3 Å². The van der Waals surface area contributed by atoms with Gasteiger partial charge in [0.2, 0.25) is 0 Å². The maximum atomic E-state index is 12.1. The van der Waals surface area contributed by atoms with Gasteiger partial charge in [-0.05, 0) is 33.8 Å². The summed E-state index contributed by atoms with van der Waals surface area (Å²) in [4.78, 5) is 34.6. The van der Waals surface area contributed by atoms with E-state index in [1.165, 1.54) is 32.2 Å². The standard InChI is InChI=1S/C15H20N2O6/c1-10(18)9-22-11-6-7-12(17(20)21)13(8-11)16(5)14(19)23-15(2,3)4/h6-8H,9H2,1-5H3. The Labute approximate surface area is 134 Å². The normalized spacial score (nSPS) is 10.8. The lowest BCUT2D eigenvalue weighted by Gasteiger charge is -2.24. The lowest BCUT2D eigenvalue weighted by Crippen LogP contribution is -2.34. The molecule has 126 valence electrons. The lowest BCUT2D eigenvalue weighted by molar-refractivity contribution is -0.384. The average Bonchev–Trinajstić information content (AvgIpc) is 2.41. The van der Waals surface area contributed by atoms with Gasteiger partial charge < -0.3 is 9.47 Å². The van der Waals surface area contributed by atoms with Gasteiger partial charge in [0, 0.05) is 19.2 Å². The van der Waals surface area contributed by atoms with E-state index in [0.29, 0.717) is 0 Å². The summed E-state index contributed by atoms with van der Waals surface area (Å²) in [5, 5.41) is 11.1. The Morgan fingerprint density at radius 3 is 2.39 bits per heavy atom. The highest BCUT2D eigenvalue weighted by Gasteiger charge is 2.26. The Hall–Kier alpha value is -2.64. The molecule has 0 unspecified atom stereocenters. The zero-order valence-electron chi connectivity index (χ0n) is 13.8. The molecule has 0 radical (unpaired) electrons. The number of nitro benzene ring substituents is 1. The zero-order chi connectivity index (χ0) is 17.8.